The minimum absolute atomic E-state index is 0.180. The van der Waals surface area contributed by atoms with Gasteiger partial charge in [0, 0.05) is 38.7 Å². The van der Waals surface area contributed by atoms with E-state index in [0.717, 1.165) is 34.0 Å². The average molecular weight is 619 g/mol. The van der Waals surface area contributed by atoms with Gasteiger partial charge in [-0.3, -0.25) is 0 Å². The van der Waals surface area contributed by atoms with Gasteiger partial charge in [-0.25, -0.2) is 9.98 Å². The van der Waals surface area contributed by atoms with Gasteiger partial charge in [-0.1, -0.05) is 153 Å². The Kier molecular flexibility index (Phi) is 6.51. The van der Waals surface area contributed by atoms with Crippen LogP contribution in [0.2, 0.25) is 0 Å². The van der Waals surface area contributed by atoms with Gasteiger partial charge in [-0.2, -0.15) is 0 Å². The first-order valence-corrected chi connectivity index (χ1v) is 16.6. The fourth-order valence-electron chi connectivity index (χ4n) is 7.57. The van der Waals surface area contributed by atoms with Crippen molar-refractivity contribution in [2.45, 2.75) is 25.4 Å². The van der Waals surface area contributed by atoms with E-state index in [4.69, 9.17) is 9.98 Å². The van der Waals surface area contributed by atoms with E-state index in [1.807, 2.05) is 24.3 Å². The van der Waals surface area contributed by atoms with Crippen molar-refractivity contribution in [2.75, 3.05) is 0 Å². The summed E-state index contributed by atoms with van der Waals surface area (Å²) in [4.78, 5) is 10.2. The Bertz CT molecular complexity index is 2400. The summed E-state index contributed by atoms with van der Waals surface area (Å²) in [5.74, 6) is 1.52. The third-order valence-corrected chi connectivity index (χ3v) is 9.87. The van der Waals surface area contributed by atoms with Crippen molar-refractivity contribution in [3.8, 4) is 28.1 Å². The lowest BCUT2D eigenvalue weighted by Gasteiger charge is -2.28. The smallest absolute Gasteiger partial charge is 0.159 e. The average Bonchev–Trinajstić information content (AvgIpc) is 3.47. The van der Waals surface area contributed by atoms with Gasteiger partial charge in [0.25, 0.3) is 0 Å². The number of para-hydroxylation sites is 1. The molecule has 9 rings (SSSR count). The van der Waals surface area contributed by atoms with Crippen LogP contribution in [0.4, 0.5) is 0 Å². The molecular weight excluding hydrogens is 585 g/mol. The van der Waals surface area contributed by atoms with Crippen LogP contribution in [0.15, 0.2) is 168 Å². The summed E-state index contributed by atoms with van der Waals surface area (Å²) in [5.41, 5.74) is 12.9. The van der Waals surface area contributed by atoms with Crippen molar-refractivity contribution in [1.82, 2.24) is 9.88 Å². The van der Waals surface area contributed by atoms with Crippen LogP contribution in [0.3, 0.4) is 0 Å². The number of amidine groups is 2. The van der Waals surface area contributed by atoms with Gasteiger partial charge >= 0.3 is 0 Å². The Morgan fingerprint density at radius 2 is 1.23 bits per heavy atom. The van der Waals surface area contributed by atoms with E-state index in [9.17, 15) is 0 Å². The highest BCUT2D eigenvalue weighted by molar-refractivity contribution is 6.13. The lowest BCUT2D eigenvalue weighted by atomic mass is 9.75. The van der Waals surface area contributed by atoms with Gasteiger partial charge in [-0.15, -0.1) is 0 Å². The second-order valence-electron chi connectivity index (χ2n) is 13.1. The number of hydrogen-bond acceptors (Lipinski definition) is 3. The number of aliphatic imine (C=N–C) groups is 2. The Balaban J connectivity index is 1.27. The molecule has 6 aromatic carbocycles. The van der Waals surface area contributed by atoms with E-state index in [1.54, 1.807) is 0 Å². The molecule has 4 nitrogen and oxygen atoms in total. The highest BCUT2D eigenvalue weighted by atomic mass is 15.2. The normalized spacial score (nSPS) is 16.1. The topological polar surface area (TPSA) is 41.7 Å². The number of aromatic nitrogens is 1. The molecule has 1 N–H and O–H groups in total. The van der Waals surface area contributed by atoms with Gasteiger partial charge in [0.05, 0.1) is 11.2 Å². The zero-order chi connectivity index (χ0) is 32.2. The van der Waals surface area contributed by atoms with Crippen LogP contribution in [0.5, 0.6) is 0 Å². The maximum Gasteiger partial charge on any atom is 0.159 e. The minimum atomic E-state index is -0.258. The first-order valence-electron chi connectivity index (χ1n) is 16.6. The molecule has 2 heterocycles. The second-order valence-corrected chi connectivity index (χ2v) is 13.1. The molecule has 1 aromatic heterocycles. The molecule has 230 valence electrons. The Morgan fingerprint density at radius 3 is 2.02 bits per heavy atom. The SMILES string of the molecule is CC1(C)c2ccccc2-c2c(n(-c3cccc(C4=NC(c5ccccc5)=NC(c5ccccc5)N4)c3)c3ccccc23)-c2ccccc21. The molecule has 0 saturated carbocycles. The van der Waals surface area contributed by atoms with Crippen molar-refractivity contribution in [3.05, 3.63) is 186 Å². The predicted octanol–water partition coefficient (Wildman–Crippen LogP) is 10.1. The zero-order valence-corrected chi connectivity index (χ0v) is 26.9. The molecule has 0 fully saturated rings. The third kappa shape index (κ3) is 4.44. The van der Waals surface area contributed by atoms with Gasteiger partial charge in [0.15, 0.2) is 5.84 Å². The number of rotatable bonds is 4. The van der Waals surface area contributed by atoms with Gasteiger partial charge in [0.1, 0.15) is 12.0 Å². The molecule has 0 bridgehead atoms. The lowest BCUT2D eigenvalue weighted by molar-refractivity contribution is 0.646. The summed E-state index contributed by atoms with van der Waals surface area (Å²) in [6, 6.07) is 56.1. The Hall–Kier alpha value is -6.00. The lowest BCUT2D eigenvalue weighted by Crippen LogP contribution is -2.33. The first-order chi connectivity index (χ1) is 23.6. The number of benzene rings is 6. The van der Waals surface area contributed by atoms with Crippen LogP contribution < -0.4 is 5.32 Å². The molecule has 7 aromatic rings. The standard InChI is InChI=1S/C44H34N4/c1-44(2)36-25-12-9-22-33(36)39-35-24-11-14-27-38(35)48(40(39)34-23-10-13-26-37(34)44)32-21-15-20-31(28-32)43-46-41(29-16-5-3-6-17-29)45-42(47-43)30-18-7-4-8-19-30/h3-28,41H,1-2H3,(H,45,46,47). The number of nitrogens with zero attached hydrogens (tertiary/aromatic N) is 3. The molecule has 0 spiro atoms. The Morgan fingerprint density at radius 1 is 0.604 bits per heavy atom. The predicted molar refractivity (Wildman–Crippen MR) is 198 cm³/mol. The largest absolute Gasteiger partial charge is 0.344 e. The van der Waals surface area contributed by atoms with Crippen molar-refractivity contribution in [1.29, 1.82) is 0 Å². The molecule has 4 heteroatoms. The number of nitrogens with one attached hydrogen (secondary N) is 1. The van der Waals surface area contributed by atoms with E-state index in [2.05, 4.69) is 157 Å². The van der Waals surface area contributed by atoms with Crippen LogP contribution in [0, 0.1) is 0 Å². The van der Waals surface area contributed by atoms with E-state index >= 15 is 0 Å². The highest BCUT2D eigenvalue weighted by Crippen LogP contribution is 2.52. The fourth-order valence-corrected chi connectivity index (χ4v) is 7.57. The zero-order valence-electron chi connectivity index (χ0n) is 26.9. The second kappa shape index (κ2) is 11.1. The molecular formula is C44H34N4. The molecule has 0 radical (unpaired) electrons. The van der Waals surface area contributed by atoms with Crippen LogP contribution in [-0.4, -0.2) is 16.2 Å². The number of hydrogen-bond donors (Lipinski definition) is 1. The summed E-state index contributed by atoms with van der Waals surface area (Å²) in [6.07, 6.45) is -0.258. The maximum absolute atomic E-state index is 5.12. The quantitative estimate of drug-likeness (QED) is 0.210. The molecule has 2 aliphatic rings. The summed E-state index contributed by atoms with van der Waals surface area (Å²) >= 11 is 0. The number of fused-ring (bicyclic) bond motifs is 7. The molecule has 1 aliphatic heterocycles. The van der Waals surface area contributed by atoms with Crippen molar-refractivity contribution in [3.63, 3.8) is 0 Å². The Labute approximate surface area is 280 Å². The third-order valence-electron chi connectivity index (χ3n) is 9.87. The van der Waals surface area contributed by atoms with E-state index in [0.29, 0.717) is 0 Å². The van der Waals surface area contributed by atoms with Crippen LogP contribution >= 0.6 is 0 Å². The van der Waals surface area contributed by atoms with E-state index in [1.165, 1.54) is 44.4 Å². The van der Waals surface area contributed by atoms with Crippen molar-refractivity contribution < 1.29 is 0 Å². The van der Waals surface area contributed by atoms with Gasteiger partial charge in [0.2, 0.25) is 0 Å². The summed E-state index contributed by atoms with van der Waals surface area (Å²) in [6.45, 7) is 4.71. The van der Waals surface area contributed by atoms with E-state index < -0.39 is 0 Å². The van der Waals surface area contributed by atoms with Crippen LogP contribution in [0.1, 0.15) is 47.8 Å². The van der Waals surface area contributed by atoms with E-state index in [-0.39, 0.29) is 11.6 Å². The fraction of sp³-hybridized carbons (Fsp3) is 0.0909. The summed E-state index contributed by atoms with van der Waals surface area (Å²) in [7, 11) is 0. The molecule has 1 aliphatic carbocycles. The molecule has 0 saturated heterocycles. The molecule has 0 amide bonds. The molecule has 1 atom stereocenters. The molecule has 1 unspecified atom stereocenters. The maximum atomic E-state index is 5.12. The van der Waals surface area contributed by atoms with Gasteiger partial charge < -0.3 is 9.88 Å². The highest BCUT2D eigenvalue weighted by Gasteiger charge is 2.36. The molecule has 48 heavy (non-hydrogen) atoms. The minimum Gasteiger partial charge on any atom is -0.344 e. The van der Waals surface area contributed by atoms with Gasteiger partial charge in [-0.05, 0) is 40.5 Å². The summed E-state index contributed by atoms with van der Waals surface area (Å²) in [5, 5.41) is 4.90. The van der Waals surface area contributed by atoms with Crippen LogP contribution in [-0.2, 0) is 5.41 Å². The van der Waals surface area contributed by atoms with Crippen LogP contribution in [0.25, 0.3) is 39.0 Å². The monoisotopic (exact) mass is 618 g/mol. The van der Waals surface area contributed by atoms with Crippen molar-refractivity contribution in [2.24, 2.45) is 9.98 Å². The first kappa shape index (κ1) is 28.2. The van der Waals surface area contributed by atoms with Crippen molar-refractivity contribution >= 4 is 22.6 Å². The summed E-state index contributed by atoms with van der Waals surface area (Å²) < 4.78 is 2.45.